The van der Waals surface area contributed by atoms with Crippen LogP contribution in [0.15, 0.2) is 30.4 Å². The zero-order valence-electron chi connectivity index (χ0n) is 13.0. The first-order valence-electron chi connectivity index (χ1n) is 7.91. The van der Waals surface area contributed by atoms with Gasteiger partial charge in [-0.05, 0) is 36.8 Å². The molecule has 3 aliphatic carbocycles. The molecule has 2 fully saturated rings. The summed E-state index contributed by atoms with van der Waals surface area (Å²) in [6.07, 6.45) is 5.82. The average molecular weight is 328 g/mol. The summed E-state index contributed by atoms with van der Waals surface area (Å²) < 4.78 is 5.01. The molecule has 2 amide bonds. The number of hydrogen-bond acceptors (Lipinski definition) is 5. The number of fused-ring (bicyclic) bond motifs is 1. The van der Waals surface area contributed by atoms with Crippen LogP contribution in [-0.4, -0.2) is 23.8 Å². The number of benzene rings is 1. The van der Waals surface area contributed by atoms with Crippen molar-refractivity contribution >= 4 is 23.2 Å². The molecule has 24 heavy (non-hydrogen) atoms. The molecule has 7 heteroatoms. The molecule has 0 aromatic heterocycles. The third-order valence-electron chi connectivity index (χ3n) is 5.38. The molecule has 1 aromatic carbocycles. The van der Waals surface area contributed by atoms with Crippen molar-refractivity contribution in [3.63, 3.8) is 0 Å². The van der Waals surface area contributed by atoms with Crippen LogP contribution in [0.2, 0.25) is 0 Å². The highest BCUT2D eigenvalue weighted by molar-refractivity contribution is 6.23. The number of rotatable bonds is 3. The van der Waals surface area contributed by atoms with Crippen molar-refractivity contribution < 1.29 is 19.2 Å². The SMILES string of the molecule is COc1ccc(N2C(=O)[C@@H]3[C@@H](C2=O)[C@H]2C=C[C@@H]3CC2)c([N+](=O)[O-])c1. The van der Waals surface area contributed by atoms with E-state index in [2.05, 4.69) is 0 Å². The molecule has 7 nitrogen and oxygen atoms in total. The minimum atomic E-state index is -0.590. The van der Waals surface area contributed by atoms with Crippen LogP contribution in [-0.2, 0) is 9.59 Å². The van der Waals surface area contributed by atoms with Gasteiger partial charge < -0.3 is 4.74 Å². The van der Waals surface area contributed by atoms with Crippen molar-refractivity contribution in [2.45, 2.75) is 12.8 Å². The van der Waals surface area contributed by atoms with Gasteiger partial charge in [0.05, 0.1) is 29.9 Å². The summed E-state index contributed by atoms with van der Waals surface area (Å²) in [5.74, 6) is -0.998. The monoisotopic (exact) mass is 328 g/mol. The van der Waals surface area contributed by atoms with E-state index in [1.807, 2.05) is 12.2 Å². The Kier molecular flexibility index (Phi) is 3.19. The van der Waals surface area contributed by atoms with Crippen LogP contribution < -0.4 is 9.64 Å². The Morgan fingerprint density at radius 1 is 1.12 bits per heavy atom. The topological polar surface area (TPSA) is 89.8 Å². The van der Waals surface area contributed by atoms with Crippen LogP contribution in [0.1, 0.15) is 12.8 Å². The highest BCUT2D eigenvalue weighted by Crippen LogP contribution is 2.51. The molecule has 1 aliphatic heterocycles. The lowest BCUT2D eigenvalue weighted by Gasteiger charge is -2.38. The van der Waals surface area contributed by atoms with Gasteiger partial charge in [0, 0.05) is 0 Å². The molecule has 1 aromatic rings. The molecule has 1 saturated heterocycles. The van der Waals surface area contributed by atoms with Crippen molar-refractivity contribution in [2.24, 2.45) is 23.7 Å². The van der Waals surface area contributed by atoms with E-state index in [4.69, 9.17) is 4.74 Å². The molecular weight excluding hydrogens is 312 g/mol. The molecule has 1 saturated carbocycles. The maximum absolute atomic E-state index is 12.9. The van der Waals surface area contributed by atoms with E-state index in [1.54, 1.807) is 0 Å². The second-order valence-electron chi connectivity index (χ2n) is 6.47. The number of allylic oxidation sites excluding steroid dienone is 2. The molecule has 5 rings (SSSR count). The van der Waals surface area contributed by atoms with Gasteiger partial charge in [0.25, 0.3) is 5.69 Å². The number of ether oxygens (including phenoxy) is 1. The van der Waals surface area contributed by atoms with Crippen LogP contribution in [0.3, 0.4) is 0 Å². The Morgan fingerprint density at radius 3 is 2.17 bits per heavy atom. The Morgan fingerprint density at radius 2 is 1.71 bits per heavy atom. The van der Waals surface area contributed by atoms with Gasteiger partial charge >= 0.3 is 0 Å². The third kappa shape index (κ3) is 1.90. The van der Waals surface area contributed by atoms with Crippen molar-refractivity contribution in [3.05, 3.63) is 40.5 Å². The predicted molar refractivity (Wildman–Crippen MR) is 84.5 cm³/mol. The molecule has 1 heterocycles. The minimum Gasteiger partial charge on any atom is -0.496 e. The van der Waals surface area contributed by atoms with Gasteiger partial charge in [0.1, 0.15) is 11.4 Å². The number of hydrogen-bond donors (Lipinski definition) is 0. The van der Waals surface area contributed by atoms with E-state index in [0.29, 0.717) is 5.75 Å². The first-order chi connectivity index (χ1) is 11.5. The fourth-order valence-electron chi connectivity index (χ4n) is 4.28. The Labute approximate surface area is 138 Å². The van der Waals surface area contributed by atoms with E-state index in [-0.39, 0.29) is 46.9 Å². The summed E-state index contributed by atoms with van der Waals surface area (Å²) in [7, 11) is 1.41. The van der Waals surface area contributed by atoms with Gasteiger partial charge in [0.2, 0.25) is 11.8 Å². The molecule has 4 aliphatic rings. The number of methoxy groups -OCH3 is 1. The zero-order chi connectivity index (χ0) is 17.0. The third-order valence-corrected chi connectivity index (χ3v) is 5.38. The summed E-state index contributed by atoms with van der Waals surface area (Å²) in [4.78, 5) is 37.6. The van der Waals surface area contributed by atoms with Crippen LogP contribution in [0.5, 0.6) is 5.75 Å². The average Bonchev–Trinajstić information content (AvgIpc) is 2.88. The fraction of sp³-hybridized carbons (Fsp3) is 0.412. The zero-order valence-corrected chi connectivity index (χ0v) is 13.0. The minimum absolute atomic E-state index is 0.0320. The normalized spacial score (nSPS) is 30.6. The van der Waals surface area contributed by atoms with Gasteiger partial charge in [-0.3, -0.25) is 19.7 Å². The molecule has 4 atom stereocenters. The van der Waals surface area contributed by atoms with Crippen LogP contribution in [0, 0.1) is 33.8 Å². The molecule has 0 spiro atoms. The summed E-state index contributed by atoms with van der Waals surface area (Å²) >= 11 is 0. The lowest BCUT2D eigenvalue weighted by molar-refractivity contribution is -0.384. The summed E-state index contributed by atoms with van der Waals surface area (Å²) in [5.41, 5.74) is -0.264. The van der Waals surface area contributed by atoms with Gasteiger partial charge in [-0.1, -0.05) is 12.2 Å². The predicted octanol–water partition coefficient (Wildman–Crippen LogP) is 2.30. The smallest absolute Gasteiger partial charge is 0.297 e. The second-order valence-corrected chi connectivity index (χ2v) is 6.47. The molecule has 0 N–H and O–H groups in total. The van der Waals surface area contributed by atoms with Crippen LogP contribution >= 0.6 is 0 Å². The van der Waals surface area contributed by atoms with Gasteiger partial charge in [0.15, 0.2) is 0 Å². The summed E-state index contributed by atoms with van der Waals surface area (Å²) in [5, 5.41) is 11.4. The fourth-order valence-corrected chi connectivity index (χ4v) is 4.28. The van der Waals surface area contributed by atoms with Crippen LogP contribution in [0.4, 0.5) is 11.4 Å². The Bertz CT molecular complexity index is 755. The summed E-state index contributed by atoms with van der Waals surface area (Å²) in [6, 6.07) is 4.18. The second kappa shape index (κ2) is 5.15. The van der Waals surface area contributed by atoms with E-state index in [9.17, 15) is 19.7 Å². The lowest BCUT2D eigenvalue weighted by Crippen LogP contribution is -2.38. The van der Waals surface area contributed by atoms with Gasteiger partial charge in [-0.25, -0.2) is 4.90 Å². The van der Waals surface area contributed by atoms with Crippen LogP contribution in [0.25, 0.3) is 0 Å². The largest absolute Gasteiger partial charge is 0.496 e. The molecule has 124 valence electrons. The maximum Gasteiger partial charge on any atom is 0.297 e. The standard InChI is InChI=1S/C17H16N2O5/c1-24-11-6-7-12(13(8-11)19(22)23)18-16(20)14-9-2-3-10(5-4-9)15(14)17(18)21/h2-3,6-10,14-15H,4-5H2,1H3/t9-,10+,14-,15-/m0/s1. The first-order valence-corrected chi connectivity index (χ1v) is 7.91. The van der Waals surface area contributed by atoms with Crippen molar-refractivity contribution in [3.8, 4) is 5.75 Å². The number of imide groups is 1. The molecule has 0 unspecified atom stereocenters. The number of carbonyl (C=O) groups excluding carboxylic acids is 2. The lowest BCUT2D eigenvalue weighted by atomic mass is 9.63. The number of nitro benzene ring substituents is 1. The molecule has 2 bridgehead atoms. The van der Waals surface area contributed by atoms with Crippen molar-refractivity contribution in [1.29, 1.82) is 0 Å². The number of anilines is 1. The Balaban J connectivity index is 1.80. The quantitative estimate of drug-likeness (QED) is 0.367. The highest BCUT2D eigenvalue weighted by Gasteiger charge is 2.57. The van der Waals surface area contributed by atoms with Gasteiger partial charge in [-0.15, -0.1) is 0 Å². The first kappa shape index (κ1) is 14.9. The number of amides is 2. The van der Waals surface area contributed by atoms with Crippen molar-refractivity contribution in [2.75, 3.05) is 12.0 Å². The maximum atomic E-state index is 12.9. The Hall–Kier alpha value is -2.70. The highest BCUT2D eigenvalue weighted by atomic mass is 16.6. The van der Waals surface area contributed by atoms with Gasteiger partial charge in [-0.2, -0.15) is 0 Å². The van der Waals surface area contributed by atoms with E-state index >= 15 is 0 Å². The van der Waals surface area contributed by atoms with E-state index < -0.39 is 4.92 Å². The number of nitrogens with zero attached hydrogens (tertiary/aromatic N) is 2. The summed E-state index contributed by atoms with van der Waals surface area (Å²) in [6.45, 7) is 0. The van der Waals surface area contributed by atoms with Crippen molar-refractivity contribution in [1.82, 2.24) is 0 Å². The molecule has 0 radical (unpaired) electrons. The molecular formula is C17H16N2O5. The number of nitro groups is 1. The van der Waals surface area contributed by atoms with E-state index in [1.165, 1.54) is 25.3 Å². The van der Waals surface area contributed by atoms with E-state index in [0.717, 1.165) is 17.7 Å². The number of carbonyl (C=O) groups is 2.